The highest BCUT2D eigenvalue weighted by atomic mass is 35.5. The van der Waals surface area contributed by atoms with E-state index in [4.69, 9.17) is 10.8 Å². The summed E-state index contributed by atoms with van der Waals surface area (Å²) in [5, 5.41) is 7.95. The highest BCUT2D eigenvalue weighted by Gasteiger charge is 2.25. The van der Waals surface area contributed by atoms with E-state index in [9.17, 15) is 4.79 Å². The minimum Gasteiger partial charge on any atom is -0.353 e. The number of hydrogen-bond acceptors (Lipinski definition) is 3. The molecule has 1 aliphatic carbocycles. The Kier molecular flexibility index (Phi) is 8.72. The number of nitrogens with zero attached hydrogens (tertiary/aromatic N) is 2. The van der Waals surface area contributed by atoms with Gasteiger partial charge in [0.1, 0.15) is 0 Å². The van der Waals surface area contributed by atoms with Crippen LogP contribution >= 0.6 is 12.4 Å². The Morgan fingerprint density at radius 3 is 2.55 bits per heavy atom. The summed E-state index contributed by atoms with van der Waals surface area (Å²) < 4.78 is 2.05. The van der Waals surface area contributed by atoms with Crippen LogP contribution in [0.4, 0.5) is 0 Å². The Balaban J connectivity index is 0.00000300. The summed E-state index contributed by atoms with van der Waals surface area (Å²) in [5.41, 5.74) is 11.8. The number of carbonyl (C=O) groups excluding carboxylic acids is 1. The van der Waals surface area contributed by atoms with E-state index in [0.29, 0.717) is 18.9 Å². The van der Waals surface area contributed by atoms with Crippen LogP contribution in [-0.4, -0.2) is 28.3 Å². The molecule has 1 aliphatic rings. The molecule has 0 bridgehead atoms. The molecule has 5 nitrogen and oxygen atoms in total. The van der Waals surface area contributed by atoms with Crippen LogP contribution in [0.1, 0.15) is 60.2 Å². The molecule has 1 aromatic heterocycles. The van der Waals surface area contributed by atoms with E-state index in [1.165, 1.54) is 29.5 Å². The molecule has 0 aliphatic heterocycles. The van der Waals surface area contributed by atoms with Crippen molar-refractivity contribution in [1.82, 2.24) is 15.1 Å². The van der Waals surface area contributed by atoms with Crippen molar-refractivity contribution in [3.05, 3.63) is 52.3 Å². The summed E-state index contributed by atoms with van der Waals surface area (Å²) in [6.07, 6.45) is 5.84. The van der Waals surface area contributed by atoms with Crippen LogP contribution in [0.5, 0.6) is 0 Å². The molecule has 0 spiro atoms. The highest BCUT2D eigenvalue weighted by Crippen LogP contribution is 2.24. The van der Waals surface area contributed by atoms with Gasteiger partial charge in [-0.05, 0) is 63.6 Å². The van der Waals surface area contributed by atoms with Gasteiger partial charge in [0.05, 0.1) is 12.2 Å². The summed E-state index contributed by atoms with van der Waals surface area (Å²) in [6.45, 7) is 7.66. The Labute approximate surface area is 180 Å². The van der Waals surface area contributed by atoms with E-state index in [0.717, 1.165) is 37.2 Å². The second kappa shape index (κ2) is 10.8. The first kappa shape index (κ1) is 23.4. The number of rotatable bonds is 7. The average Bonchev–Trinajstić information content (AvgIpc) is 2.95. The molecular formula is C23H35ClN4O. The zero-order valence-corrected chi connectivity index (χ0v) is 18.7. The van der Waals surface area contributed by atoms with Crippen molar-refractivity contribution in [2.75, 3.05) is 6.54 Å². The predicted octanol–water partition coefficient (Wildman–Crippen LogP) is 3.84. The van der Waals surface area contributed by atoms with E-state index in [1.807, 2.05) is 6.92 Å². The molecule has 2 atom stereocenters. The molecule has 2 aromatic rings. The van der Waals surface area contributed by atoms with E-state index in [1.54, 1.807) is 0 Å². The summed E-state index contributed by atoms with van der Waals surface area (Å²) in [6, 6.07) is 8.81. The fourth-order valence-electron chi connectivity index (χ4n) is 4.31. The van der Waals surface area contributed by atoms with Gasteiger partial charge in [-0.25, -0.2) is 0 Å². The van der Waals surface area contributed by atoms with Gasteiger partial charge in [0.25, 0.3) is 0 Å². The number of halogens is 1. The Hall–Kier alpha value is -1.85. The largest absolute Gasteiger partial charge is 0.353 e. The SMILES string of the molecule is Cc1ccc(Cn2nc(C)c(CCC(=O)NC3CCCCC3CN)c2C)cc1.Cl. The maximum Gasteiger partial charge on any atom is 0.220 e. The lowest BCUT2D eigenvalue weighted by Gasteiger charge is -2.31. The maximum atomic E-state index is 12.5. The van der Waals surface area contributed by atoms with Gasteiger partial charge in [-0.2, -0.15) is 5.10 Å². The topological polar surface area (TPSA) is 72.9 Å². The van der Waals surface area contributed by atoms with Gasteiger partial charge in [-0.1, -0.05) is 42.7 Å². The molecule has 3 rings (SSSR count). The van der Waals surface area contributed by atoms with Crippen molar-refractivity contribution in [1.29, 1.82) is 0 Å². The van der Waals surface area contributed by atoms with Crippen LogP contribution in [0.3, 0.4) is 0 Å². The summed E-state index contributed by atoms with van der Waals surface area (Å²) in [7, 11) is 0. The van der Waals surface area contributed by atoms with Crippen molar-refractivity contribution in [3.63, 3.8) is 0 Å². The second-order valence-electron chi connectivity index (χ2n) is 8.25. The van der Waals surface area contributed by atoms with Crippen molar-refractivity contribution < 1.29 is 4.79 Å². The van der Waals surface area contributed by atoms with Crippen LogP contribution in [0.25, 0.3) is 0 Å². The van der Waals surface area contributed by atoms with Gasteiger partial charge in [0.15, 0.2) is 0 Å². The van der Waals surface area contributed by atoms with Crippen molar-refractivity contribution >= 4 is 18.3 Å². The number of amides is 1. The van der Waals surface area contributed by atoms with E-state index in [-0.39, 0.29) is 24.4 Å². The lowest BCUT2D eigenvalue weighted by atomic mass is 9.84. The van der Waals surface area contributed by atoms with Crippen LogP contribution in [0.2, 0.25) is 0 Å². The highest BCUT2D eigenvalue weighted by molar-refractivity contribution is 5.85. The Morgan fingerprint density at radius 2 is 1.86 bits per heavy atom. The van der Waals surface area contributed by atoms with Crippen molar-refractivity contribution in [2.45, 2.75) is 71.9 Å². The first-order valence-corrected chi connectivity index (χ1v) is 10.6. The zero-order chi connectivity index (χ0) is 20.1. The minimum atomic E-state index is 0. The number of nitrogens with two attached hydrogens (primary N) is 1. The van der Waals surface area contributed by atoms with Crippen LogP contribution in [0.15, 0.2) is 24.3 Å². The van der Waals surface area contributed by atoms with Gasteiger partial charge in [0.2, 0.25) is 5.91 Å². The number of aromatic nitrogens is 2. The van der Waals surface area contributed by atoms with E-state index >= 15 is 0 Å². The maximum absolute atomic E-state index is 12.5. The molecule has 6 heteroatoms. The van der Waals surface area contributed by atoms with Gasteiger partial charge >= 0.3 is 0 Å². The van der Waals surface area contributed by atoms with Gasteiger partial charge in [-0.3, -0.25) is 9.48 Å². The number of benzene rings is 1. The molecule has 160 valence electrons. The molecule has 0 saturated heterocycles. The third kappa shape index (κ3) is 6.06. The molecule has 0 radical (unpaired) electrons. The summed E-state index contributed by atoms with van der Waals surface area (Å²) in [5.74, 6) is 0.564. The predicted molar refractivity (Wildman–Crippen MR) is 120 cm³/mol. The fraction of sp³-hybridized carbons (Fsp3) is 0.565. The Bertz CT molecular complexity index is 800. The van der Waals surface area contributed by atoms with Crippen molar-refractivity contribution in [3.8, 4) is 0 Å². The lowest BCUT2D eigenvalue weighted by molar-refractivity contribution is -0.122. The molecule has 29 heavy (non-hydrogen) atoms. The van der Waals surface area contributed by atoms with E-state index in [2.05, 4.69) is 48.1 Å². The molecule has 1 aromatic carbocycles. The molecule has 1 saturated carbocycles. The van der Waals surface area contributed by atoms with Gasteiger partial charge in [-0.15, -0.1) is 12.4 Å². The van der Waals surface area contributed by atoms with Crippen LogP contribution < -0.4 is 11.1 Å². The first-order chi connectivity index (χ1) is 13.5. The minimum absolute atomic E-state index is 0. The van der Waals surface area contributed by atoms with Gasteiger partial charge < -0.3 is 11.1 Å². The quantitative estimate of drug-likeness (QED) is 0.717. The smallest absolute Gasteiger partial charge is 0.220 e. The van der Waals surface area contributed by atoms with Crippen LogP contribution in [0, 0.1) is 26.7 Å². The number of aryl methyl sites for hydroxylation is 2. The summed E-state index contributed by atoms with van der Waals surface area (Å²) in [4.78, 5) is 12.5. The third-order valence-corrected chi connectivity index (χ3v) is 6.14. The lowest BCUT2D eigenvalue weighted by Crippen LogP contribution is -2.44. The first-order valence-electron chi connectivity index (χ1n) is 10.6. The zero-order valence-electron chi connectivity index (χ0n) is 17.9. The molecule has 1 fully saturated rings. The van der Waals surface area contributed by atoms with Gasteiger partial charge in [0, 0.05) is 18.2 Å². The van der Waals surface area contributed by atoms with Crippen LogP contribution in [-0.2, 0) is 17.8 Å². The molecule has 1 amide bonds. The Morgan fingerprint density at radius 1 is 1.17 bits per heavy atom. The molecular weight excluding hydrogens is 384 g/mol. The number of hydrogen-bond donors (Lipinski definition) is 2. The standard InChI is InChI=1S/C23H34N4O.ClH/c1-16-8-10-19(11-9-16)15-27-18(3)21(17(2)26-27)12-13-23(28)25-22-7-5-4-6-20(22)14-24;/h8-11,20,22H,4-7,12-15,24H2,1-3H3,(H,25,28);1H. The normalized spacial score (nSPS) is 18.9. The van der Waals surface area contributed by atoms with E-state index < -0.39 is 0 Å². The number of nitrogens with one attached hydrogen (secondary N) is 1. The number of carbonyl (C=O) groups is 1. The second-order valence-corrected chi connectivity index (χ2v) is 8.25. The average molecular weight is 419 g/mol. The molecule has 2 unspecified atom stereocenters. The third-order valence-electron chi connectivity index (χ3n) is 6.14. The molecule has 1 heterocycles. The summed E-state index contributed by atoms with van der Waals surface area (Å²) >= 11 is 0. The monoisotopic (exact) mass is 418 g/mol. The molecule has 3 N–H and O–H groups in total. The fourth-order valence-corrected chi connectivity index (χ4v) is 4.31. The van der Waals surface area contributed by atoms with Crippen molar-refractivity contribution in [2.24, 2.45) is 11.7 Å².